The third kappa shape index (κ3) is 2.63. The number of hydrogen-bond donors (Lipinski definition) is 0. The molecule has 0 fully saturated rings. The molecule has 0 saturated carbocycles. The summed E-state index contributed by atoms with van der Waals surface area (Å²) >= 11 is 0. The van der Waals surface area contributed by atoms with Crippen LogP contribution in [0.3, 0.4) is 0 Å². The molecule has 5 heteroatoms. The summed E-state index contributed by atoms with van der Waals surface area (Å²) in [6.07, 6.45) is 1.69. The van der Waals surface area contributed by atoms with E-state index in [2.05, 4.69) is 18.0 Å². The fraction of sp³-hybridized carbons (Fsp3) is 0.150. The van der Waals surface area contributed by atoms with Crippen molar-refractivity contribution in [2.45, 2.75) is 13.8 Å². The number of carbonyl (C=O) groups is 1. The summed E-state index contributed by atoms with van der Waals surface area (Å²) in [5.41, 5.74) is 4.81. The number of imidazole rings is 1. The van der Waals surface area contributed by atoms with Gasteiger partial charge in [-0.1, -0.05) is 30.3 Å². The normalized spacial score (nSPS) is 11.1. The van der Waals surface area contributed by atoms with Crippen molar-refractivity contribution in [3.05, 3.63) is 66.0 Å². The van der Waals surface area contributed by atoms with E-state index in [0.29, 0.717) is 17.9 Å². The smallest absolute Gasteiger partial charge is 0.358 e. The van der Waals surface area contributed by atoms with Crippen LogP contribution in [-0.4, -0.2) is 26.9 Å². The molecule has 4 aromatic rings. The first-order chi connectivity index (χ1) is 12.2. The van der Waals surface area contributed by atoms with Crippen LogP contribution >= 0.6 is 0 Å². The van der Waals surface area contributed by atoms with Crippen LogP contribution in [0, 0.1) is 6.92 Å². The second-order valence-corrected chi connectivity index (χ2v) is 5.84. The molecule has 25 heavy (non-hydrogen) atoms. The van der Waals surface area contributed by atoms with Crippen LogP contribution in [0.2, 0.25) is 0 Å². The molecule has 0 aliphatic rings. The van der Waals surface area contributed by atoms with Crippen LogP contribution in [0.25, 0.3) is 27.9 Å². The Morgan fingerprint density at radius 1 is 1.12 bits per heavy atom. The van der Waals surface area contributed by atoms with Crippen LogP contribution in [0.1, 0.15) is 23.0 Å². The number of fused-ring (bicyclic) bond motifs is 3. The largest absolute Gasteiger partial charge is 0.461 e. The summed E-state index contributed by atoms with van der Waals surface area (Å²) in [5, 5.41) is 1.03. The maximum atomic E-state index is 12.0. The van der Waals surface area contributed by atoms with Gasteiger partial charge in [-0.3, -0.25) is 4.40 Å². The molecule has 0 bridgehead atoms. The number of pyridine rings is 2. The summed E-state index contributed by atoms with van der Waals surface area (Å²) in [6, 6.07) is 16.0. The first kappa shape index (κ1) is 15.3. The first-order valence-corrected chi connectivity index (χ1v) is 8.19. The fourth-order valence-corrected chi connectivity index (χ4v) is 2.96. The highest BCUT2D eigenvalue weighted by Gasteiger charge is 2.14. The monoisotopic (exact) mass is 331 g/mol. The highest BCUT2D eigenvalue weighted by molar-refractivity contribution is 5.90. The topological polar surface area (TPSA) is 56.5 Å². The first-order valence-electron chi connectivity index (χ1n) is 8.19. The van der Waals surface area contributed by atoms with Gasteiger partial charge in [0.2, 0.25) is 0 Å². The van der Waals surface area contributed by atoms with Gasteiger partial charge in [0.15, 0.2) is 5.69 Å². The van der Waals surface area contributed by atoms with Gasteiger partial charge < -0.3 is 4.74 Å². The van der Waals surface area contributed by atoms with Crippen molar-refractivity contribution in [2.24, 2.45) is 0 Å². The standard InChI is InChI=1S/C20H17N3O2/c1-3-25-20(24)17-12-23-18(21-17)10-9-15-13(2)11-16(22-19(15)23)14-7-5-4-6-8-14/h4-12H,3H2,1-2H3. The molecule has 0 radical (unpaired) electrons. The molecule has 0 unspecified atom stereocenters. The quantitative estimate of drug-likeness (QED) is 0.532. The third-order valence-corrected chi connectivity index (χ3v) is 4.16. The van der Waals surface area contributed by atoms with E-state index in [1.807, 2.05) is 46.9 Å². The molecule has 0 amide bonds. The van der Waals surface area contributed by atoms with Crippen LogP contribution in [0.5, 0.6) is 0 Å². The Balaban J connectivity index is 1.96. The zero-order chi connectivity index (χ0) is 17.4. The predicted molar refractivity (Wildman–Crippen MR) is 96.6 cm³/mol. The van der Waals surface area contributed by atoms with Crippen molar-refractivity contribution in [1.82, 2.24) is 14.4 Å². The molecule has 3 heterocycles. The molecule has 0 aliphatic heterocycles. The van der Waals surface area contributed by atoms with E-state index >= 15 is 0 Å². The summed E-state index contributed by atoms with van der Waals surface area (Å²) in [5.74, 6) is -0.421. The van der Waals surface area contributed by atoms with Gasteiger partial charge >= 0.3 is 5.97 Å². The highest BCUT2D eigenvalue weighted by Crippen LogP contribution is 2.25. The van der Waals surface area contributed by atoms with Crippen LogP contribution in [0.4, 0.5) is 0 Å². The second-order valence-electron chi connectivity index (χ2n) is 5.84. The zero-order valence-electron chi connectivity index (χ0n) is 14.1. The molecular formula is C20H17N3O2. The van der Waals surface area contributed by atoms with Gasteiger partial charge in [-0.15, -0.1) is 0 Å². The van der Waals surface area contributed by atoms with Gasteiger partial charge in [-0.2, -0.15) is 0 Å². The molecule has 4 rings (SSSR count). The number of aryl methyl sites for hydroxylation is 1. The Morgan fingerprint density at radius 3 is 2.68 bits per heavy atom. The van der Waals surface area contributed by atoms with Gasteiger partial charge in [0.25, 0.3) is 0 Å². The van der Waals surface area contributed by atoms with Crippen molar-refractivity contribution in [2.75, 3.05) is 6.61 Å². The van der Waals surface area contributed by atoms with Crippen molar-refractivity contribution < 1.29 is 9.53 Å². The second kappa shape index (κ2) is 6.02. The van der Waals surface area contributed by atoms with Gasteiger partial charge in [-0.05, 0) is 37.6 Å². The molecule has 5 nitrogen and oxygen atoms in total. The predicted octanol–water partition coefficient (Wildman–Crippen LogP) is 4.03. The molecule has 1 aromatic carbocycles. The lowest BCUT2D eigenvalue weighted by atomic mass is 10.1. The lowest BCUT2D eigenvalue weighted by Gasteiger charge is -2.08. The van der Waals surface area contributed by atoms with Gasteiger partial charge in [-0.25, -0.2) is 14.8 Å². The summed E-state index contributed by atoms with van der Waals surface area (Å²) < 4.78 is 6.90. The summed E-state index contributed by atoms with van der Waals surface area (Å²) in [7, 11) is 0. The SMILES string of the molecule is CCOC(=O)c1cn2c(ccc3c(C)cc(-c4ccccc4)nc32)n1. The van der Waals surface area contributed by atoms with Gasteiger partial charge in [0, 0.05) is 17.1 Å². The van der Waals surface area contributed by atoms with Crippen LogP contribution < -0.4 is 0 Å². The minimum absolute atomic E-state index is 0.291. The molecule has 0 aliphatic carbocycles. The maximum Gasteiger partial charge on any atom is 0.358 e. The van der Waals surface area contributed by atoms with E-state index in [0.717, 1.165) is 27.9 Å². The van der Waals surface area contributed by atoms with Gasteiger partial charge in [0.1, 0.15) is 11.3 Å². The molecule has 0 N–H and O–H groups in total. The number of hydrogen-bond acceptors (Lipinski definition) is 4. The lowest BCUT2D eigenvalue weighted by molar-refractivity contribution is 0.0520. The number of aromatic nitrogens is 3. The highest BCUT2D eigenvalue weighted by atomic mass is 16.5. The average molecular weight is 331 g/mol. The van der Waals surface area contributed by atoms with E-state index < -0.39 is 5.97 Å². The summed E-state index contributed by atoms with van der Waals surface area (Å²) in [6.45, 7) is 4.16. The van der Waals surface area contributed by atoms with Crippen molar-refractivity contribution in [3.63, 3.8) is 0 Å². The van der Waals surface area contributed by atoms with Crippen molar-refractivity contribution in [1.29, 1.82) is 0 Å². The average Bonchev–Trinajstić information content (AvgIpc) is 3.07. The number of ether oxygens (including phenoxy) is 1. The zero-order valence-corrected chi connectivity index (χ0v) is 14.1. The maximum absolute atomic E-state index is 12.0. The summed E-state index contributed by atoms with van der Waals surface area (Å²) in [4.78, 5) is 21.2. The van der Waals surface area contributed by atoms with E-state index in [4.69, 9.17) is 9.72 Å². The number of benzene rings is 1. The third-order valence-electron chi connectivity index (χ3n) is 4.16. The minimum Gasteiger partial charge on any atom is -0.461 e. The minimum atomic E-state index is -0.421. The van der Waals surface area contributed by atoms with Crippen molar-refractivity contribution in [3.8, 4) is 11.3 Å². The Morgan fingerprint density at radius 2 is 1.92 bits per heavy atom. The Labute approximate surface area is 144 Å². The van der Waals surface area contributed by atoms with E-state index in [-0.39, 0.29) is 0 Å². The number of carbonyl (C=O) groups excluding carboxylic acids is 1. The number of rotatable bonds is 3. The molecule has 0 spiro atoms. The fourth-order valence-electron chi connectivity index (χ4n) is 2.96. The van der Waals surface area contributed by atoms with E-state index in [1.165, 1.54) is 0 Å². The van der Waals surface area contributed by atoms with Crippen LogP contribution in [-0.2, 0) is 4.74 Å². The van der Waals surface area contributed by atoms with E-state index in [1.54, 1.807) is 13.1 Å². The molecule has 124 valence electrons. The molecule has 3 aromatic heterocycles. The number of esters is 1. The Hall–Kier alpha value is -3.21. The van der Waals surface area contributed by atoms with Gasteiger partial charge in [0.05, 0.1) is 12.3 Å². The molecular weight excluding hydrogens is 314 g/mol. The Kier molecular flexibility index (Phi) is 3.69. The van der Waals surface area contributed by atoms with E-state index in [9.17, 15) is 4.79 Å². The molecule has 0 atom stereocenters. The molecule has 0 saturated heterocycles. The van der Waals surface area contributed by atoms with Crippen LogP contribution in [0.15, 0.2) is 54.7 Å². The Bertz CT molecular complexity index is 1080. The lowest BCUT2D eigenvalue weighted by Crippen LogP contribution is -2.04. The van der Waals surface area contributed by atoms with Crippen molar-refractivity contribution >= 4 is 22.6 Å². The number of nitrogens with zero attached hydrogens (tertiary/aromatic N) is 3.